The summed E-state index contributed by atoms with van der Waals surface area (Å²) in [6.07, 6.45) is -20.1. The highest BCUT2D eigenvalue weighted by Gasteiger charge is 2.58. The zero-order chi connectivity index (χ0) is 24.1. The topological polar surface area (TPSA) is 102 Å². The smallest absolute Gasteiger partial charge is 0.457 e. The van der Waals surface area contributed by atoms with Crippen LogP contribution in [0.5, 0.6) is 0 Å². The first-order valence-corrected chi connectivity index (χ1v) is 7.08. The van der Waals surface area contributed by atoms with E-state index in [1.165, 1.54) is 0 Å². The Morgan fingerprint density at radius 3 is 1.63 bits per heavy atom. The van der Waals surface area contributed by atoms with E-state index in [0.717, 1.165) is 5.32 Å². The predicted molar refractivity (Wildman–Crippen MR) is 68.4 cm³/mol. The molecule has 174 valence electrons. The number of hydrogen-bond acceptors (Lipinski definition) is 5. The lowest BCUT2D eigenvalue weighted by Crippen LogP contribution is -2.49. The van der Waals surface area contributed by atoms with Gasteiger partial charge in [0.1, 0.15) is 6.04 Å². The second kappa shape index (κ2) is 9.41. The molecule has 0 spiro atoms. The van der Waals surface area contributed by atoms with Crippen LogP contribution in [0.2, 0.25) is 0 Å². The van der Waals surface area contributed by atoms with E-state index in [2.05, 4.69) is 4.74 Å². The van der Waals surface area contributed by atoms with Gasteiger partial charge in [-0.3, -0.25) is 19.7 Å². The summed E-state index contributed by atoms with van der Waals surface area (Å²) >= 11 is 0. The molecule has 1 atom stereocenters. The average molecular weight is 470 g/mol. The minimum atomic E-state index is -6.21. The van der Waals surface area contributed by atoms with E-state index in [0.29, 0.717) is 5.32 Å². The second-order valence-electron chi connectivity index (χ2n) is 5.25. The number of alkyl halides is 11. The van der Waals surface area contributed by atoms with Crippen LogP contribution in [0.1, 0.15) is 12.8 Å². The minimum Gasteiger partial charge on any atom is -0.457 e. The quantitative estimate of drug-likeness (QED) is 0.437. The van der Waals surface area contributed by atoms with Crippen molar-refractivity contribution in [2.75, 3.05) is 6.61 Å². The molecule has 0 aliphatic heterocycles. The van der Waals surface area contributed by atoms with Crippen molar-refractivity contribution in [1.29, 1.82) is 0 Å². The van der Waals surface area contributed by atoms with E-state index in [9.17, 15) is 67.5 Å². The molecule has 0 heterocycles. The van der Waals surface area contributed by atoms with Crippen LogP contribution in [0.15, 0.2) is 0 Å². The van der Waals surface area contributed by atoms with Gasteiger partial charge < -0.3 is 10.1 Å². The van der Waals surface area contributed by atoms with Crippen LogP contribution in [-0.2, 0) is 23.9 Å². The van der Waals surface area contributed by atoms with Gasteiger partial charge in [-0.25, -0.2) is 4.79 Å². The van der Waals surface area contributed by atoms with Crippen LogP contribution >= 0.6 is 0 Å². The number of rotatable bonds is 7. The number of esters is 1. The molecule has 0 saturated carbocycles. The fourth-order valence-corrected chi connectivity index (χ4v) is 1.37. The van der Waals surface area contributed by atoms with Gasteiger partial charge in [0, 0.05) is 6.42 Å². The number of halogens is 11. The molecular weight excluding hydrogens is 461 g/mol. The van der Waals surface area contributed by atoms with Crippen LogP contribution in [0, 0.1) is 0 Å². The lowest BCUT2D eigenvalue weighted by atomic mass is 10.1. The Balaban J connectivity index is 5.20. The van der Waals surface area contributed by atoms with Gasteiger partial charge in [0.2, 0.25) is 5.91 Å². The van der Waals surface area contributed by atoms with Crippen LogP contribution in [0.3, 0.4) is 0 Å². The number of carbonyl (C=O) groups excluding carboxylic acids is 4. The third-order valence-electron chi connectivity index (χ3n) is 2.83. The van der Waals surface area contributed by atoms with E-state index in [1.807, 2.05) is 0 Å². The summed E-state index contributed by atoms with van der Waals surface area (Å²) in [5.41, 5.74) is 0. The van der Waals surface area contributed by atoms with Crippen LogP contribution in [0.25, 0.3) is 0 Å². The standard InChI is InChI=1S/C12H9F11N2O5/c13-9(14,12(21,22)23)3-30-6(27)4(24-7(28)10(15,16)17)1-2-5(26)25-8(29)11(18,19)20/h4H,1-3H2,(H,24,28)(H,25,26,29). The van der Waals surface area contributed by atoms with Gasteiger partial charge in [0.25, 0.3) is 0 Å². The number of imide groups is 1. The van der Waals surface area contributed by atoms with E-state index in [-0.39, 0.29) is 0 Å². The molecule has 2 N–H and O–H groups in total. The second-order valence-corrected chi connectivity index (χ2v) is 5.25. The molecule has 18 heteroatoms. The van der Waals surface area contributed by atoms with E-state index in [1.54, 1.807) is 0 Å². The summed E-state index contributed by atoms with van der Waals surface area (Å²) in [5.74, 6) is -15.4. The molecule has 0 aromatic rings. The molecule has 1 unspecified atom stereocenters. The minimum absolute atomic E-state index is 0.715. The van der Waals surface area contributed by atoms with Crippen molar-refractivity contribution in [2.45, 2.75) is 43.3 Å². The highest BCUT2D eigenvalue weighted by atomic mass is 19.4. The summed E-state index contributed by atoms with van der Waals surface area (Å²) in [5, 5.41) is 1.53. The van der Waals surface area contributed by atoms with Crippen molar-refractivity contribution in [2.24, 2.45) is 0 Å². The first-order valence-electron chi connectivity index (χ1n) is 7.08. The zero-order valence-corrected chi connectivity index (χ0v) is 13.9. The number of carbonyl (C=O) groups is 4. The summed E-state index contributed by atoms with van der Waals surface area (Å²) in [7, 11) is 0. The molecule has 30 heavy (non-hydrogen) atoms. The van der Waals surface area contributed by atoms with E-state index < -0.39 is 73.6 Å². The van der Waals surface area contributed by atoms with Crippen LogP contribution in [0.4, 0.5) is 48.3 Å². The number of ether oxygens (including phenoxy) is 1. The Kier molecular flexibility index (Phi) is 8.57. The lowest BCUT2D eigenvalue weighted by molar-refractivity contribution is -0.294. The maximum atomic E-state index is 12.7. The summed E-state index contributed by atoms with van der Waals surface area (Å²) in [6.45, 7) is -2.70. The third kappa shape index (κ3) is 8.76. The Morgan fingerprint density at radius 1 is 0.767 bits per heavy atom. The number of nitrogens with one attached hydrogen (secondary N) is 2. The zero-order valence-electron chi connectivity index (χ0n) is 13.9. The van der Waals surface area contributed by atoms with Gasteiger partial charge in [-0.1, -0.05) is 0 Å². The Labute approximate surface area is 157 Å². The van der Waals surface area contributed by atoms with E-state index in [4.69, 9.17) is 0 Å². The lowest BCUT2D eigenvalue weighted by Gasteiger charge is -2.22. The Bertz CT molecular complexity index is 669. The molecule has 0 aromatic heterocycles. The van der Waals surface area contributed by atoms with Crippen LogP contribution in [-0.4, -0.2) is 60.8 Å². The van der Waals surface area contributed by atoms with Crippen molar-refractivity contribution >= 4 is 23.7 Å². The highest BCUT2D eigenvalue weighted by molar-refractivity contribution is 5.98. The van der Waals surface area contributed by atoms with Gasteiger partial charge >= 0.3 is 42.2 Å². The van der Waals surface area contributed by atoms with Crippen molar-refractivity contribution in [3.63, 3.8) is 0 Å². The normalized spacial score (nSPS) is 14.0. The molecule has 0 fully saturated rings. The Hall–Kier alpha value is -2.69. The third-order valence-corrected chi connectivity index (χ3v) is 2.83. The maximum absolute atomic E-state index is 12.7. The molecule has 0 radical (unpaired) electrons. The molecular formula is C12H9F11N2O5. The number of amides is 3. The van der Waals surface area contributed by atoms with Gasteiger partial charge in [-0.15, -0.1) is 0 Å². The maximum Gasteiger partial charge on any atom is 0.471 e. The van der Waals surface area contributed by atoms with Crippen molar-refractivity contribution in [3.05, 3.63) is 0 Å². The van der Waals surface area contributed by atoms with Gasteiger partial charge in [0.15, 0.2) is 6.61 Å². The van der Waals surface area contributed by atoms with Gasteiger partial charge in [0.05, 0.1) is 0 Å². The van der Waals surface area contributed by atoms with Gasteiger partial charge in [-0.2, -0.15) is 48.3 Å². The fourth-order valence-electron chi connectivity index (χ4n) is 1.37. The van der Waals surface area contributed by atoms with Crippen molar-refractivity contribution in [3.8, 4) is 0 Å². The number of hydrogen-bond donors (Lipinski definition) is 2. The molecule has 0 bridgehead atoms. The summed E-state index contributed by atoms with van der Waals surface area (Å²) < 4.78 is 137. The first kappa shape index (κ1) is 27.3. The predicted octanol–water partition coefficient (Wildman–Crippen LogP) is 1.76. The summed E-state index contributed by atoms with van der Waals surface area (Å²) in [6, 6.07) is -2.67. The first-order chi connectivity index (χ1) is 13.2. The molecule has 7 nitrogen and oxygen atoms in total. The SMILES string of the molecule is O=C(CCC(NC(=O)C(F)(F)F)C(=O)OCC(F)(F)C(F)(F)F)NC(=O)C(F)(F)F. The summed E-state index contributed by atoms with van der Waals surface area (Å²) in [4.78, 5) is 44.0. The van der Waals surface area contributed by atoms with Gasteiger partial charge in [-0.05, 0) is 6.42 Å². The molecule has 0 aliphatic carbocycles. The fraction of sp³-hybridized carbons (Fsp3) is 0.667. The molecule has 3 amide bonds. The highest BCUT2D eigenvalue weighted by Crippen LogP contribution is 2.35. The van der Waals surface area contributed by atoms with Crippen molar-refractivity contribution < 1.29 is 72.2 Å². The van der Waals surface area contributed by atoms with E-state index >= 15 is 0 Å². The largest absolute Gasteiger partial charge is 0.471 e. The van der Waals surface area contributed by atoms with Crippen molar-refractivity contribution in [1.82, 2.24) is 10.6 Å². The molecule has 0 aromatic carbocycles. The van der Waals surface area contributed by atoms with Crippen LogP contribution < -0.4 is 10.6 Å². The molecule has 0 rings (SSSR count). The molecule has 0 saturated heterocycles. The molecule has 0 aliphatic rings. The monoisotopic (exact) mass is 470 g/mol. The average Bonchev–Trinajstić information content (AvgIpc) is 2.53. The Morgan fingerprint density at radius 2 is 1.23 bits per heavy atom.